The fourth-order valence-corrected chi connectivity index (χ4v) is 5.03. The number of fused-ring (bicyclic) bond motifs is 2. The maximum absolute atomic E-state index is 13.3. The van der Waals surface area contributed by atoms with E-state index >= 15 is 0 Å². The number of anilines is 2. The van der Waals surface area contributed by atoms with E-state index in [0.29, 0.717) is 17.6 Å². The molecule has 1 N–H and O–H groups in total. The molecule has 1 saturated heterocycles. The predicted octanol–water partition coefficient (Wildman–Crippen LogP) is 3.18. The number of ketones is 1. The number of rotatable bonds is 6. The van der Waals surface area contributed by atoms with E-state index in [2.05, 4.69) is 39.0 Å². The highest BCUT2D eigenvalue weighted by atomic mass is 16.5. The third-order valence-electron chi connectivity index (χ3n) is 6.97. The minimum absolute atomic E-state index is 0.0754. The van der Waals surface area contributed by atoms with Crippen molar-refractivity contribution in [1.29, 1.82) is 0 Å². The summed E-state index contributed by atoms with van der Waals surface area (Å²) in [6.07, 6.45) is 6.28. The number of amides is 1. The zero-order chi connectivity index (χ0) is 24.7. The molecule has 2 aromatic heterocycles. The van der Waals surface area contributed by atoms with Crippen molar-refractivity contribution in [2.45, 2.75) is 52.2 Å². The lowest BCUT2D eigenvalue weighted by Gasteiger charge is -2.39. The number of carbonyl (C=O) groups is 2. The first-order valence-electron chi connectivity index (χ1n) is 12.2. The van der Waals surface area contributed by atoms with Gasteiger partial charge < -0.3 is 15.0 Å². The summed E-state index contributed by atoms with van der Waals surface area (Å²) >= 11 is 0. The van der Waals surface area contributed by atoms with Crippen molar-refractivity contribution >= 4 is 28.7 Å². The number of aromatic nitrogens is 3. The van der Waals surface area contributed by atoms with Gasteiger partial charge in [0.15, 0.2) is 5.65 Å². The largest absolute Gasteiger partial charge is 0.487 e. The summed E-state index contributed by atoms with van der Waals surface area (Å²) in [5.74, 6) is 0.873. The zero-order valence-corrected chi connectivity index (χ0v) is 20.7. The molecule has 1 aromatic carbocycles. The van der Waals surface area contributed by atoms with E-state index in [0.717, 1.165) is 55.3 Å². The summed E-state index contributed by atoms with van der Waals surface area (Å²) in [5, 5.41) is 7.37. The van der Waals surface area contributed by atoms with Crippen molar-refractivity contribution in [3.8, 4) is 5.75 Å². The van der Waals surface area contributed by atoms with Gasteiger partial charge in [0.25, 0.3) is 5.91 Å². The van der Waals surface area contributed by atoms with E-state index in [4.69, 9.17) is 4.74 Å². The van der Waals surface area contributed by atoms with Gasteiger partial charge in [-0.15, -0.1) is 0 Å². The highest BCUT2D eigenvalue weighted by molar-refractivity contribution is 6.09. The van der Waals surface area contributed by atoms with Crippen molar-refractivity contribution in [1.82, 2.24) is 19.5 Å². The highest BCUT2D eigenvalue weighted by Gasteiger charge is 2.33. The van der Waals surface area contributed by atoms with Crippen LogP contribution in [0.15, 0.2) is 36.8 Å². The lowest BCUT2D eigenvalue weighted by molar-refractivity contribution is -0.123. The van der Waals surface area contributed by atoms with Crippen molar-refractivity contribution in [2.75, 3.05) is 36.4 Å². The van der Waals surface area contributed by atoms with Gasteiger partial charge in [0.1, 0.15) is 22.7 Å². The van der Waals surface area contributed by atoms with Crippen LogP contribution < -0.4 is 15.0 Å². The maximum Gasteiger partial charge on any atom is 0.261 e. The monoisotopic (exact) mass is 476 g/mol. The number of hydrogen-bond donors (Lipinski definition) is 1. The number of piperazine rings is 1. The molecule has 0 spiro atoms. The number of carbonyl (C=O) groups excluding carboxylic acids is 2. The normalized spacial score (nSPS) is 18.2. The molecule has 2 aliphatic heterocycles. The average molecular weight is 477 g/mol. The molecule has 0 radical (unpaired) electrons. The molecule has 5 rings (SSSR count). The average Bonchev–Trinajstić information content (AvgIpc) is 3.41. The molecule has 2 aliphatic rings. The van der Waals surface area contributed by atoms with Crippen LogP contribution in [-0.4, -0.2) is 69.0 Å². The fourth-order valence-electron chi connectivity index (χ4n) is 5.03. The van der Waals surface area contributed by atoms with Crippen molar-refractivity contribution in [2.24, 2.45) is 0 Å². The minimum atomic E-state index is -0.288. The van der Waals surface area contributed by atoms with Gasteiger partial charge in [-0.05, 0) is 32.9 Å². The first kappa shape index (κ1) is 23.3. The number of nitrogens with one attached hydrogen (secondary N) is 1. The number of ether oxygens (including phenoxy) is 1. The van der Waals surface area contributed by atoms with E-state index in [9.17, 15) is 9.59 Å². The smallest absolute Gasteiger partial charge is 0.261 e. The van der Waals surface area contributed by atoms with Gasteiger partial charge >= 0.3 is 0 Å². The Bertz CT molecular complexity index is 1280. The van der Waals surface area contributed by atoms with Crippen LogP contribution in [0.2, 0.25) is 0 Å². The molecule has 9 nitrogen and oxygen atoms in total. The second kappa shape index (κ2) is 8.96. The van der Waals surface area contributed by atoms with Crippen LogP contribution in [0.4, 0.5) is 11.4 Å². The Morgan fingerprint density at radius 1 is 1.20 bits per heavy atom. The molecule has 184 valence electrons. The number of Topliss-reactive ketones (excluding diaryl/α,β-unsaturated/α-hetero) is 1. The van der Waals surface area contributed by atoms with Crippen LogP contribution in [0.5, 0.6) is 5.75 Å². The summed E-state index contributed by atoms with van der Waals surface area (Å²) in [5.41, 5.74) is 3.40. The summed E-state index contributed by atoms with van der Waals surface area (Å²) in [6.45, 7) is 11.1. The van der Waals surface area contributed by atoms with E-state index in [1.54, 1.807) is 29.2 Å². The molecule has 35 heavy (non-hydrogen) atoms. The Morgan fingerprint density at radius 3 is 2.71 bits per heavy atom. The molecule has 0 saturated carbocycles. The quantitative estimate of drug-likeness (QED) is 0.584. The van der Waals surface area contributed by atoms with Gasteiger partial charge in [0.05, 0.1) is 23.6 Å². The second-order valence-corrected chi connectivity index (χ2v) is 9.93. The molecule has 1 amide bonds. The SMILES string of the molecule is CCC(=O)[C@H](C)N1CCN(c2cc3c(cc2NC(=O)c2cnn4cccnc24)CC(C)(C)O3)CC1. The molecule has 1 atom stereocenters. The maximum atomic E-state index is 13.3. The highest BCUT2D eigenvalue weighted by Crippen LogP contribution is 2.42. The van der Waals surface area contributed by atoms with Gasteiger partial charge in [-0.2, -0.15) is 5.10 Å². The summed E-state index contributed by atoms with van der Waals surface area (Å²) in [6, 6.07) is 5.78. The van der Waals surface area contributed by atoms with Gasteiger partial charge in [-0.1, -0.05) is 6.92 Å². The van der Waals surface area contributed by atoms with Gasteiger partial charge in [0, 0.05) is 63.0 Å². The Labute approximate surface area is 205 Å². The van der Waals surface area contributed by atoms with Crippen LogP contribution in [-0.2, 0) is 11.2 Å². The standard InChI is InChI=1S/C26H32N6O3/c1-5-22(33)17(2)30-9-11-31(12-10-30)21-14-23-18(15-26(3,4)35-23)13-20(21)29-25(34)19-16-28-32-8-6-7-27-24(19)32/h6-8,13-14,16-17H,5,9-12,15H2,1-4H3,(H,29,34)/t17-/m0/s1. The minimum Gasteiger partial charge on any atom is -0.487 e. The molecule has 0 unspecified atom stereocenters. The summed E-state index contributed by atoms with van der Waals surface area (Å²) in [7, 11) is 0. The Balaban J connectivity index is 1.43. The van der Waals surface area contributed by atoms with Crippen LogP contribution >= 0.6 is 0 Å². The number of hydrogen-bond acceptors (Lipinski definition) is 7. The Hall–Kier alpha value is -3.46. The molecule has 0 bridgehead atoms. The predicted molar refractivity (Wildman–Crippen MR) is 134 cm³/mol. The van der Waals surface area contributed by atoms with Crippen LogP contribution in [0.25, 0.3) is 5.65 Å². The van der Waals surface area contributed by atoms with Crippen molar-refractivity contribution in [3.05, 3.63) is 47.9 Å². The third-order valence-corrected chi connectivity index (χ3v) is 6.97. The Kier molecular flexibility index (Phi) is 5.96. The summed E-state index contributed by atoms with van der Waals surface area (Å²) in [4.78, 5) is 34.3. The van der Waals surface area contributed by atoms with Crippen LogP contribution in [0.1, 0.15) is 50.0 Å². The molecule has 9 heteroatoms. The van der Waals surface area contributed by atoms with Gasteiger partial charge in [-0.25, -0.2) is 9.50 Å². The lowest BCUT2D eigenvalue weighted by atomic mass is 10.0. The topological polar surface area (TPSA) is 92.1 Å². The van der Waals surface area contributed by atoms with Crippen LogP contribution in [0, 0.1) is 0 Å². The molecular weight excluding hydrogens is 444 g/mol. The Morgan fingerprint density at radius 2 is 1.97 bits per heavy atom. The summed E-state index contributed by atoms with van der Waals surface area (Å²) < 4.78 is 7.79. The van der Waals surface area contributed by atoms with Crippen molar-refractivity contribution < 1.29 is 14.3 Å². The number of benzene rings is 1. The number of nitrogens with zero attached hydrogens (tertiary/aromatic N) is 5. The zero-order valence-electron chi connectivity index (χ0n) is 20.7. The lowest BCUT2D eigenvalue weighted by Crippen LogP contribution is -2.51. The second-order valence-electron chi connectivity index (χ2n) is 9.93. The van der Waals surface area contributed by atoms with E-state index in [-0.39, 0.29) is 23.3 Å². The van der Waals surface area contributed by atoms with E-state index < -0.39 is 0 Å². The molecule has 4 heterocycles. The molecule has 3 aromatic rings. The van der Waals surface area contributed by atoms with Crippen LogP contribution in [0.3, 0.4) is 0 Å². The molecule has 0 aliphatic carbocycles. The third kappa shape index (κ3) is 4.48. The molecular formula is C26H32N6O3. The van der Waals surface area contributed by atoms with Gasteiger partial charge in [0.2, 0.25) is 0 Å². The molecule has 1 fully saturated rings. The first-order valence-corrected chi connectivity index (χ1v) is 12.2. The first-order chi connectivity index (χ1) is 16.8. The van der Waals surface area contributed by atoms with E-state index in [1.165, 1.54) is 0 Å². The van der Waals surface area contributed by atoms with Gasteiger partial charge in [-0.3, -0.25) is 14.5 Å². The van der Waals surface area contributed by atoms with Crippen molar-refractivity contribution in [3.63, 3.8) is 0 Å². The van der Waals surface area contributed by atoms with E-state index in [1.807, 2.05) is 26.0 Å². The fraction of sp³-hybridized carbons (Fsp3) is 0.462.